The number of benzene rings is 1. The molecule has 0 unspecified atom stereocenters. The van der Waals surface area contributed by atoms with Crippen LogP contribution in [0.4, 0.5) is 4.39 Å². The van der Waals surface area contributed by atoms with Crippen LogP contribution in [0.5, 0.6) is 0 Å². The van der Waals surface area contributed by atoms with Crippen molar-refractivity contribution in [3.05, 3.63) is 34.6 Å². The molecule has 0 spiro atoms. The summed E-state index contributed by atoms with van der Waals surface area (Å²) in [6.45, 7) is 4.42. The molecule has 0 aliphatic rings. The number of aliphatic hydroxyl groups excluding tert-OH is 1. The van der Waals surface area contributed by atoms with Crippen molar-refractivity contribution in [3.8, 4) is 0 Å². The van der Waals surface area contributed by atoms with Gasteiger partial charge in [-0.25, -0.2) is 4.39 Å². The van der Waals surface area contributed by atoms with E-state index in [2.05, 4.69) is 5.32 Å². The number of halogens is 2. The van der Waals surface area contributed by atoms with Gasteiger partial charge in [-0.3, -0.25) is 0 Å². The zero-order valence-corrected chi connectivity index (χ0v) is 10.3. The van der Waals surface area contributed by atoms with E-state index in [0.717, 1.165) is 0 Å². The van der Waals surface area contributed by atoms with Crippen LogP contribution in [0.15, 0.2) is 18.2 Å². The number of rotatable bonds is 5. The van der Waals surface area contributed by atoms with E-state index in [1.165, 1.54) is 6.07 Å². The molecule has 0 saturated heterocycles. The minimum absolute atomic E-state index is 0.0293. The second-order valence-electron chi connectivity index (χ2n) is 4.13. The maximum Gasteiger partial charge on any atom is 0.146 e. The van der Waals surface area contributed by atoms with Crippen molar-refractivity contribution in [2.75, 3.05) is 6.61 Å². The molecule has 4 heteroatoms. The van der Waals surface area contributed by atoms with Gasteiger partial charge in [-0.2, -0.15) is 0 Å². The van der Waals surface area contributed by atoms with Gasteiger partial charge >= 0.3 is 0 Å². The van der Waals surface area contributed by atoms with E-state index < -0.39 is 5.82 Å². The highest BCUT2D eigenvalue weighted by Crippen LogP contribution is 2.17. The third-order valence-corrected chi connectivity index (χ3v) is 2.88. The largest absolute Gasteiger partial charge is 0.395 e. The van der Waals surface area contributed by atoms with Gasteiger partial charge in [-0.1, -0.05) is 37.6 Å². The lowest BCUT2D eigenvalue weighted by atomic mass is 10.1. The van der Waals surface area contributed by atoms with Crippen LogP contribution in [0.25, 0.3) is 0 Å². The zero-order chi connectivity index (χ0) is 12.1. The molecule has 2 nitrogen and oxygen atoms in total. The van der Waals surface area contributed by atoms with Crippen LogP contribution in [0.1, 0.15) is 19.4 Å². The first-order chi connectivity index (χ1) is 7.56. The molecule has 90 valence electrons. The summed E-state index contributed by atoms with van der Waals surface area (Å²) in [5.41, 5.74) is 0.520. The number of hydrogen-bond donors (Lipinski definition) is 2. The van der Waals surface area contributed by atoms with Gasteiger partial charge in [0.15, 0.2) is 0 Å². The fourth-order valence-electron chi connectivity index (χ4n) is 1.44. The Balaban J connectivity index is 2.64. The average molecular weight is 246 g/mol. The van der Waals surface area contributed by atoms with Crippen LogP contribution in [-0.2, 0) is 6.54 Å². The Hall–Kier alpha value is -0.640. The van der Waals surface area contributed by atoms with E-state index in [4.69, 9.17) is 16.7 Å². The molecule has 0 fully saturated rings. The predicted octanol–water partition coefficient (Wildman–Crippen LogP) is 2.59. The summed E-state index contributed by atoms with van der Waals surface area (Å²) < 4.78 is 13.5. The van der Waals surface area contributed by atoms with Crippen LogP contribution < -0.4 is 5.32 Å². The Bertz CT molecular complexity index is 344. The SMILES string of the molecule is CC(C)[C@@H](CO)NCc1cccc(Cl)c1F. The fraction of sp³-hybridized carbons (Fsp3) is 0.500. The van der Waals surface area contributed by atoms with Crippen LogP contribution in [0.3, 0.4) is 0 Å². The van der Waals surface area contributed by atoms with Gasteiger partial charge < -0.3 is 10.4 Å². The summed E-state index contributed by atoms with van der Waals surface area (Å²) >= 11 is 5.67. The molecule has 0 bridgehead atoms. The molecule has 0 radical (unpaired) electrons. The van der Waals surface area contributed by atoms with Gasteiger partial charge in [0.05, 0.1) is 11.6 Å². The summed E-state index contributed by atoms with van der Waals surface area (Å²) in [5.74, 6) is -0.0932. The molecule has 0 heterocycles. The van der Waals surface area contributed by atoms with Crippen LogP contribution >= 0.6 is 11.6 Å². The Morgan fingerprint density at radius 2 is 2.12 bits per heavy atom. The Morgan fingerprint density at radius 3 is 2.69 bits per heavy atom. The lowest BCUT2D eigenvalue weighted by molar-refractivity contribution is 0.209. The van der Waals surface area contributed by atoms with Crippen molar-refractivity contribution >= 4 is 11.6 Å². The average Bonchev–Trinajstić information content (AvgIpc) is 2.24. The summed E-state index contributed by atoms with van der Waals surface area (Å²) in [7, 11) is 0. The van der Waals surface area contributed by atoms with Gasteiger partial charge in [0, 0.05) is 18.2 Å². The highest BCUT2D eigenvalue weighted by molar-refractivity contribution is 6.30. The molecular formula is C12H17ClFNO. The first kappa shape index (κ1) is 13.4. The van der Waals surface area contributed by atoms with Crippen LogP contribution in [0.2, 0.25) is 5.02 Å². The third-order valence-electron chi connectivity index (χ3n) is 2.59. The van der Waals surface area contributed by atoms with E-state index >= 15 is 0 Å². The Kier molecular flexibility index (Phi) is 5.19. The van der Waals surface area contributed by atoms with Crippen molar-refractivity contribution < 1.29 is 9.50 Å². The van der Waals surface area contributed by atoms with Gasteiger partial charge in [0.2, 0.25) is 0 Å². The van der Waals surface area contributed by atoms with Gasteiger partial charge in [-0.05, 0) is 12.0 Å². The standard InChI is InChI=1S/C12H17ClFNO/c1-8(2)11(7-16)15-6-9-4-3-5-10(13)12(9)14/h3-5,8,11,15-16H,6-7H2,1-2H3/t11-/m1/s1. The van der Waals surface area contributed by atoms with Crippen LogP contribution in [0, 0.1) is 11.7 Å². The quantitative estimate of drug-likeness (QED) is 0.836. The molecule has 1 rings (SSSR count). The summed E-state index contributed by atoms with van der Waals surface area (Å²) in [4.78, 5) is 0. The van der Waals surface area contributed by atoms with Gasteiger partial charge in [0.25, 0.3) is 0 Å². The van der Waals surface area contributed by atoms with E-state index in [1.807, 2.05) is 13.8 Å². The van der Waals surface area contributed by atoms with Crippen LogP contribution in [-0.4, -0.2) is 17.8 Å². The second kappa shape index (κ2) is 6.18. The molecule has 0 aliphatic heterocycles. The molecule has 1 aromatic rings. The topological polar surface area (TPSA) is 32.3 Å². The first-order valence-corrected chi connectivity index (χ1v) is 5.71. The van der Waals surface area contributed by atoms with Gasteiger partial charge in [0.1, 0.15) is 5.82 Å². The highest BCUT2D eigenvalue weighted by Gasteiger charge is 2.13. The first-order valence-electron chi connectivity index (χ1n) is 5.33. The monoisotopic (exact) mass is 245 g/mol. The number of nitrogens with one attached hydrogen (secondary N) is 1. The van der Waals surface area contributed by atoms with E-state index in [9.17, 15) is 4.39 Å². The molecule has 0 amide bonds. The third kappa shape index (κ3) is 3.44. The number of hydrogen-bond acceptors (Lipinski definition) is 2. The van der Waals surface area contributed by atoms with Crippen molar-refractivity contribution in [3.63, 3.8) is 0 Å². The lowest BCUT2D eigenvalue weighted by Gasteiger charge is -2.20. The summed E-state index contributed by atoms with van der Waals surface area (Å²) in [6.07, 6.45) is 0. The maximum atomic E-state index is 13.5. The molecule has 16 heavy (non-hydrogen) atoms. The fourth-order valence-corrected chi connectivity index (χ4v) is 1.63. The summed E-state index contributed by atoms with van der Waals surface area (Å²) in [6, 6.07) is 4.89. The molecule has 1 aromatic carbocycles. The molecular weight excluding hydrogens is 229 g/mol. The van der Waals surface area contributed by atoms with Crippen molar-refractivity contribution in [2.24, 2.45) is 5.92 Å². The zero-order valence-electron chi connectivity index (χ0n) is 9.50. The van der Waals surface area contributed by atoms with Crippen molar-refractivity contribution in [1.82, 2.24) is 5.32 Å². The molecule has 0 saturated carbocycles. The van der Waals surface area contributed by atoms with Crippen molar-refractivity contribution in [1.29, 1.82) is 0 Å². The van der Waals surface area contributed by atoms with E-state index in [-0.39, 0.29) is 17.7 Å². The van der Waals surface area contributed by atoms with Crippen molar-refractivity contribution in [2.45, 2.75) is 26.4 Å². The maximum absolute atomic E-state index is 13.5. The Morgan fingerprint density at radius 1 is 1.44 bits per heavy atom. The van der Waals surface area contributed by atoms with Gasteiger partial charge in [-0.15, -0.1) is 0 Å². The van der Waals surface area contributed by atoms with E-state index in [1.54, 1.807) is 12.1 Å². The molecule has 2 N–H and O–H groups in total. The lowest BCUT2D eigenvalue weighted by Crippen LogP contribution is -2.36. The minimum atomic E-state index is -0.392. The molecule has 0 aliphatic carbocycles. The number of aliphatic hydroxyl groups is 1. The molecule has 1 atom stereocenters. The smallest absolute Gasteiger partial charge is 0.146 e. The summed E-state index contributed by atoms with van der Waals surface area (Å²) in [5, 5.41) is 12.3. The van der Waals surface area contributed by atoms with E-state index in [0.29, 0.717) is 18.0 Å². The highest BCUT2D eigenvalue weighted by atomic mass is 35.5. The minimum Gasteiger partial charge on any atom is -0.395 e. The predicted molar refractivity (Wildman–Crippen MR) is 64.0 cm³/mol. The normalized spacial score (nSPS) is 13.1. The second-order valence-corrected chi connectivity index (χ2v) is 4.53. The Labute approximate surface area is 100 Å². The molecule has 0 aromatic heterocycles.